The Bertz CT molecular complexity index is 404. The molecule has 0 radical (unpaired) electrons. The van der Waals surface area contributed by atoms with Gasteiger partial charge in [-0.1, -0.05) is 36.9 Å². The summed E-state index contributed by atoms with van der Waals surface area (Å²) < 4.78 is 0. The second-order valence-corrected chi connectivity index (χ2v) is 6.03. The molecule has 0 unspecified atom stereocenters. The Morgan fingerprint density at radius 3 is 2.78 bits per heavy atom. The van der Waals surface area contributed by atoms with Gasteiger partial charge < -0.3 is 10.2 Å². The van der Waals surface area contributed by atoms with Gasteiger partial charge in [-0.05, 0) is 31.0 Å². The minimum Gasteiger partial charge on any atom is -0.363 e. The molecule has 18 heavy (non-hydrogen) atoms. The van der Waals surface area contributed by atoms with Crippen LogP contribution in [0.3, 0.4) is 0 Å². The third-order valence-corrected chi connectivity index (χ3v) is 4.68. The van der Waals surface area contributed by atoms with Crippen molar-refractivity contribution in [3.63, 3.8) is 0 Å². The first-order valence-corrected chi connectivity index (χ1v) is 7.42. The first-order chi connectivity index (χ1) is 8.80. The van der Waals surface area contributed by atoms with Crippen molar-refractivity contribution in [2.45, 2.75) is 37.6 Å². The van der Waals surface area contributed by atoms with Crippen LogP contribution in [0.25, 0.3) is 0 Å². The lowest BCUT2D eigenvalue weighted by atomic mass is 9.78. The van der Waals surface area contributed by atoms with Crippen LogP contribution in [0.2, 0.25) is 5.02 Å². The molecule has 2 nitrogen and oxygen atoms in total. The van der Waals surface area contributed by atoms with Crippen molar-refractivity contribution < 1.29 is 0 Å². The largest absolute Gasteiger partial charge is 0.363 e. The fourth-order valence-corrected chi connectivity index (χ4v) is 3.73. The zero-order valence-corrected chi connectivity index (χ0v) is 11.5. The van der Waals surface area contributed by atoms with Crippen molar-refractivity contribution in [1.82, 2.24) is 5.32 Å². The highest BCUT2D eigenvalue weighted by Crippen LogP contribution is 2.38. The van der Waals surface area contributed by atoms with Crippen LogP contribution in [0.4, 0.5) is 5.69 Å². The van der Waals surface area contributed by atoms with Gasteiger partial charge in [0.1, 0.15) is 0 Å². The predicted molar refractivity (Wildman–Crippen MR) is 77.5 cm³/mol. The van der Waals surface area contributed by atoms with E-state index < -0.39 is 0 Å². The van der Waals surface area contributed by atoms with Crippen LogP contribution in [0.15, 0.2) is 24.3 Å². The molecule has 3 rings (SSSR count). The smallest absolute Gasteiger partial charge is 0.0527 e. The summed E-state index contributed by atoms with van der Waals surface area (Å²) in [4.78, 5) is 2.61. The Hall–Kier alpha value is -0.730. The van der Waals surface area contributed by atoms with Crippen molar-refractivity contribution >= 4 is 17.3 Å². The topological polar surface area (TPSA) is 15.3 Å². The van der Waals surface area contributed by atoms with Gasteiger partial charge in [0.05, 0.1) is 5.54 Å². The number of rotatable bonds is 1. The van der Waals surface area contributed by atoms with Gasteiger partial charge in [0.15, 0.2) is 0 Å². The van der Waals surface area contributed by atoms with Gasteiger partial charge >= 0.3 is 0 Å². The maximum Gasteiger partial charge on any atom is 0.0527 e. The summed E-state index contributed by atoms with van der Waals surface area (Å²) in [6.45, 7) is 3.30. The molecule has 98 valence electrons. The third-order valence-electron chi connectivity index (χ3n) is 4.44. The van der Waals surface area contributed by atoms with Gasteiger partial charge in [-0.15, -0.1) is 0 Å². The van der Waals surface area contributed by atoms with Gasteiger partial charge in [-0.25, -0.2) is 0 Å². The average molecular weight is 265 g/mol. The van der Waals surface area contributed by atoms with Crippen molar-refractivity contribution in [3.05, 3.63) is 29.3 Å². The van der Waals surface area contributed by atoms with E-state index in [1.54, 1.807) is 0 Å². The van der Waals surface area contributed by atoms with Crippen molar-refractivity contribution in [1.29, 1.82) is 0 Å². The lowest BCUT2D eigenvalue weighted by Gasteiger charge is -2.51. The molecule has 1 saturated carbocycles. The molecule has 1 aliphatic carbocycles. The van der Waals surface area contributed by atoms with Crippen molar-refractivity contribution in [2.75, 3.05) is 24.5 Å². The number of nitrogens with one attached hydrogen (secondary N) is 1. The van der Waals surface area contributed by atoms with E-state index in [1.165, 1.54) is 37.8 Å². The quantitative estimate of drug-likeness (QED) is 0.836. The van der Waals surface area contributed by atoms with Crippen LogP contribution in [0.1, 0.15) is 32.1 Å². The number of halogens is 1. The normalized spacial score (nSPS) is 23.3. The highest BCUT2D eigenvalue weighted by atomic mass is 35.5. The highest BCUT2D eigenvalue weighted by Gasteiger charge is 2.39. The number of anilines is 1. The van der Waals surface area contributed by atoms with Crippen LogP contribution in [0, 0.1) is 0 Å². The summed E-state index contributed by atoms with van der Waals surface area (Å²) in [7, 11) is 0. The molecule has 0 atom stereocenters. The number of nitrogens with zero attached hydrogens (tertiary/aromatic N) is 1. The van der Waals surface area contributed by atoms with E-state index in [-0.39, 0.29) is 0 Å². The molecule has 1 spiro atoms. The molecule has 2 fully saturated rings. The van der Waals surface area contributed by atoms with E-state index in [0.717, 1.165) is 24.7 Å². The fraction of sp³-hybridized carbons (Fsp3) is 0.600. The standard InChI is InChI=1S/C15H21ClN2/c16-13-5-4-6-14(11-13)18-10-9-17-12-15(18)7-2-1-3-8-15/h4-6,11,17H,1-3,7-10,12H2. The van der Waals surface area contributed by atoms with E-state index in [0.29, 0.717) is 5.54 Å². The molecule has 3 heteroatoms. The zero-order chi connectivity index (χ0) is 12.4. The van der Waals surface area contributed by atoms with Crippen LogP contribution in [-0.2, 0) is 0 Å². The van der Waals surface area contributed by atoms with Gasteiger partial charge in [-0.2, -0.15) is 0 Å². The zero-order valence-electron chi connectivity index (χ0n) is 10.8. The number of piperazine rings is 1. The molecule has 0 aromatic heterocycles. The van der Waals surface area contributed by atoms with Gasteiger partial charge in [0.25, 0.3) is 0 Å². The monoisotopic (exact) mass is 264 g/mol. The second kappa shape index (κ2) is 5.10. The van der Waals surface area contributed by atoms with E-state index in [4.69, 9.17) is 11.6 Å². The molecule has 1 aromatic rings. The Kier molecular flexibility index (Phi) is 3.49. The lowest BCUT2D eigenvalue weighted by Crippen LogP contribution is -2.62. The maximum absolute atomic E-state index is 6.15. The summed E-state index contributed by atoms with van der Waals surface area (Å²) in [6.07, 6.45) is 6.74. The number of benzene rings is 1. The summed E-state index contributed by atoms with van der Waals surface area (Å²) >= 11 is 6.15. The Balaban J connectivity index is 1.91. The summed E-state index contributed by atoms with van der Waals surface area (Å²) in [5.74, 6) is 0. The van der Waals surface area contributed by atoms with Crippen LogP contribution >= 0.6 is 11.6 Å². The number of hydrogen-bond acceptors (Lipinski definition) is 2. The molecular formula is C15H21ClN2. The van der Waals surface area contributed by atoms with E-state index in [9.17, 15) is 0 Å². The Morgan fingerprint density at radius 1 is 1.17 bits per heavy atom. The first-order valence-electron chi connectivity index (χ1n) is 7.04. The Morgan fingerprint density at radius 2 is 2.00 bits per heavy atom. The summed E-state index contributed by atoms with van der Waals surface area (Å²) in [5.41, 5.74) is 1.63. The maximum atomic E-state index is 6.15. The number of hydrogen-bond donors (Lipinski definition) is 1. The molecule has 0 bridgehead atoms. The van der Waals surface area contributed by atoms with Gasteiger partial charge in [-0.3, -0.25) is 0 Å². The Labute approximate surface area is 114 Å². The second-order valence-electron chi connectivity index (χ2n) is 5.59. The predicted octanol–water partition coefficient (Wildman–Crippen LogP) is 3.45. The SMILES string of the molecule is Clc1cccc(N2CCNCC23CCCCC3)c1. The summed E-state index contributed by atoms with van der Waals surface area (Å²) in [6, 6.07) is 8.34. The first kappa shape index (κ1) is 12.3. The average Bonchev–Trinajstić information content (AvgIpc) is 2.40. The fourth-order valence-electron chi connectivity index (χ4n) is 3.55. The molecule has 1 saturated heterocycles. The van der Waals surface area contributed by atoms with Crippen molar-refractivity contribution in [2.24, 2.45) is 0 Å². The van der Waals surface area contributed by atoms with Crippen molar-refractivity contribution in [3.8, 4) is 0 Å². The van der Waals surface area contributed by atoms with Gasteiger partial charge in [0.2, 0.25) is 0 Å². The van der Waals surface area contributed by atoms with Crippen LogP contribution in [-0.4, -0.2) is 25.2 Å². The molecule has 1 aliphatic heterocycles. The molecule has 1 aromatic carbocycles. The third kappa shape index (κ3) is 2.24. The molecule has 2 aliphatic rings. The molecule has 0 amide bonds. The molecule has 1 N–H and O–H groups in total. The summed E-state index contributed by atoms with van der Waals surface area (Å²) in [5, 5.41) is 4.43. The van der Waals surface area contributed by atoms with Crippen LogP contribution < -0.4 is 10.2 Å². The van der Waals surface area contributed by atoms with Gasteiger partial charge in [0, 0.05) is 30.3 Å². The van der Waals surface area contributed by atoms with E-state index >= 15 is 0 Å². The minimum atomic E-state index is 0.335. The molecular weight excluding hydrogens is 244 g/mol. The lowest BCUT2D eigenvalue weighted by molar-refractivity contribution is 0.241. The highest BCUT2D eigenvalue weighted by molar-refractivity contribution is 6.30. The van der Waals surface area contributed by atoms with Crippen LogP contribution in [0.5, 0.6) is 0 Å². The van der Waals surface area contributed by atoms with E-state index in [1.807, 2.05) is 6.07 Å². The molecule has 1 heterocycles. The van der Waals surface area contributed by atoms with E-state index in [2.05, 4.69) is 28.4 Å². The minimum absolute atomic E-state index is 0.335.